The summed E-state index contributed by atoms with van der Waals surface area (Å²) in [5, 5.41) is 39.0. The molecule has 0 saturated carbocycles. The van der Waals surface area contributed by atoms with Crippen molar-refractivity contribution >= 4 is 22.8 Å². The van der Waals surface area contributed by atoms with E-state index in [0.29, 0.717) is 16.6 Å². The number of aliphatic hydroxyl groups is 2. The van der Waals surface area contributed by atoms with E-state index < -0.39 is 30.0 Å². The lowest BCUT2D eigenvalue weighted by Crippen LogP contribution is -2.35. The Labute approximate surface area is 175 Å². The van der Waals surface area contributed by atoms with Gasteiger partial charge in [0.25, 0.3) is 5.91 Å². The fraction of sp³-hybridized carbons (Fsp3) is 0.250. The molecule has 0 aliphatic heterocycles. The zero-order chi connectivity index (χ0) is 22.1. The summed E-state index contributed by atoms with van der Waals surface area (Å²) in [5.41, 5.74) is 0.947. The molecule has 0 bridgehead atoms. The molecule has 0 spiro atoms. The number of aromatic nitrogens is 4. The molecule has 0 fully saturated rings. The third kappa shape index (κ3) is 3.81. The number of aliphatic hydroxyl groups excluding tert-OH is 2. The van der Waals surface area contributed by atoms with Crippen LogP contribution in [0.1, 0.15) is 21.6 Å². The summed E-state index contributed by atoms with van der Waals surface area (Å²) in [4.78, 5) is 22.6. The Bertz CT molecular complexity index is 1220. The molecule has 2 heterocycles. The van der Waals surface area contributed by atoms with Crippen LogP contribution in [0.15, 0.2) is 36.7 Å². The Morgan fingerprint density at radius 1 is 1.35 bits per heavy atom. The Morgan fingerprint density at radius 3 is 2.87 bits per heavy atom. The normalized spacial score (nSPS) is 20.0. The number of benzene rings is 1. The van der Waals surface area contributed by atoms with Gasteiger partial charge < -0.3 is 20.4 Å². The topological polar surface area (TPSA) is 151 Å². The van der Waals surface area contributed by atoms with Crippen molar-refractivity contribution in [3.63, 3.8) is 0 Å². The summed E-state index contributed by atoms with van der Waals surface area (Å²) in [6.45, 7) is -0.0133. The van der Waals surface area contributed by atoms with Gasteiger partial charge in [0.15, 0.2) is 11.3 Å². The first-order valence-electron chi connectivity index (χ1n) is 9.33. The third-order valence-corrected chi connectivity index (χ3v) is 5.04. The maximum absolute atomic E-state index is 13.6. The molecule has 4 N–H and O–H groups in total. The first-order chi connectivity index (χ1) is 14.9. The van der Waals surface area contributed by atoms with Crippen molar-refractivity contribution in [2.24, 2.45) is 0 Å². The smallest absolute Gasteiger partial charge is 0.275 e. The van der Waals surface area contributed by atoms with Crippen LogP contribution in [0.25, 0.3) is 11.0 Å². The van der Waals surface area contributed by atoms with E-state index in [9.17, 15) is 24.7 Å². The second-order valence-corrected chi connectivity index (χ2v) is 7.13. The number of fused-ring (bicyclic) bond motifs is 1. The van der Waals surface area contributed by atoms with Crippen molar-refractivity contribution in [1.29, 1.82) is 5.26 Å². The van der Waals surface area contributed by atoms with Crippen LogP contribution < -0.4 is 5.32 Å². The van der Waals surface area contributed by atoms with Crippen molar-refractivity contribution in [2.45, 2.75) is 24.8 Å². The predicted molar refractivity (Wildman–Crippen MR) is 107 cm³/mol. The van der Waals surface area contributed by atoms with Crippen LogP contribution in [0.2, 0.25) is 0 Å². The lowest BCUT2D eigenvalue weighted by atomic mass is 10.1. The zero-order valence-corrected chi connectivity index (χ0v) is 16.3. The standard InChI is InChI=1S/C20H18FN7O3/c1-28(8-11-6-12(21)3-2-10(11)7-22)20(31)16-15-18(23-9-24-19(15)27-26-16)25-13-4-5-14(29)17(13)30/h2-6,9,13-14,17,29-30H,8H2,1H3,(H2,23,24,25,26,27)/t13-,14+,17-/m0/s1. The van der Waals surface area contributed by atoms with Crippen molar-refractivity contribution in [3.8, 4) is 6.07 Å². The number of hydrogen-bond donors (Lipinski definition) is 4. The van der Waals surface area contributed by atoms with Gasteiger partial charge in [-0.1, -0.05) is 12.2 Å². The number of anilines is 1. The minimum atomic E-state index is -1.07. The number of rotatable bonds is 5. The van der Waals surface area contributed by atoms with Gasteiger partial charge in [-0.15, -0.1) is 0 Å². The molecular formula is C20H18FN7O3. The molecule has 3 aromatic rings. The van der Waals surface area contributed by atoms with E-state index in [1.54, 1.807) is 6.08 Å². The van der Waals surface area contributed by atoms with Crippen molar-refractivity contribution in [1.82, 2.24) is 25.1 Å². The summed E-state index contributed by atoms with van der Waals surface area (Å²) in [7, 11) is 1.51. The van der Waals surface area contributed by atoms with Gasteiger partial charge in [-0.3, -0.25) is 9.89 Å². The van der Waals surface area contributed by atoms with Gasteiger partial charge in [-0.05, 0) is 23.8 Å². The molecule has 0 unspecified atom stereocenters. The minimum Gasteiger partial charge on any atom is -0.388 e. The number of nitrogens with zero attached hydrogens (tertiary/aromatic N) is 5. The average molecular weight is 423 g/mol. The van der Waals surface area contributed by atoms with Gasteiger partial charge in [0.1, 0.15) is 30.2 Å². The van der Waals surface area contributed by atoms with Crippen LogP contribution >= 0.6 is 0 Å². The second kappa shape index (κ2) is 8.10. The molecular weight excluding hydrogens is 405 g/mol. The van der Waals surface area contributed by atoms with Crippen molar-refractivity contribution in [3.05, 3.63) is 59.3 Å². The summed E-state index contributed by atoms with van der Waals surface area (Å²) < 4.78 is 13.6. The Hall–Kier alpha value is -3.88. The Balaban J connectivity index is 1.64. The van der Waals surface area contributed by atoms with Crippen LogP contribution in [-0.4, -0.2) is 66.5 Å². The summed E-state index contributed by atoms with van der Waals surface area (Å²) in [6, 6.07) is 5.12. The SMILES string of the molecule is CN(Cc1cc(F)ccc1C#N)C(=O)c1n[nH]c2ncnc(N[C@H]3C=C[C@@H](O)[C@H]3O)c12. The predicted octanol–water partition coefficient (Wildman–Crippen LogP) is 0.708. The summed E-state index contributed by atoms with van der Waals surface area (Å²) >= 11 is 0. The number of H-pyrrole nitrogens is 1. The number of carbonyl (C=O) groups is 1. The fourth-order valence-corrected chi connectivity index (χ4v) is 3.40. The highest BCUT2D eigenvalue weighted by molar-refractivity contribution is 6.07. The van der Waals surface area contributed by atoms with E-state index >= 15 is 0 Å². The van der Waals surface area contributed by atoms with Gasteiger partial charge in [0, 0.05) is 13.6 Å². The lowest BCUT2D eigenvalue weighted by Gasteiger charge is -2.20. The van der Waals surface area contributed by atoms with Gasteiger partial charge >= 0.3 is 0 Å². The van der Waals surface area contributed by atoms with E-state index in [-0.39, 0.29) is 23.6 Å². The van der Waals surface area contributed by atoms with E-state index in [2.05, 4.69) is 25.5 Å². The molecule has 1 amide bonds. The molecule has 2 aromatic heterocycles. The van der Waals surface area contributed by atoms with E-state index in [1.165, 1.54) is 42.6 Å². The van der Waals surface area contributed by atoms with Crippen LogP contribution in [0.4, 0.5) is 10.2 Å². The number of nitriles is 1. The minimum absolute atomic E-state index is 0.0133. The van der Waals surface area contributed by atoms with E-state index in [0.717, 1.165) is 0 Å². The number of aromatic amines is 1. The average Bonchev–Trinajstić information content (AvgIpc) is 3.33. The van der Waals surface area contributed by atoms with Gasteiger partial charge in [0.05, 0.1) is 23.1 Å². The molecule has 0 radical (unpaired) electrons. The van der Waals surface area contributed by atoms with Crippen LogP contribution in [0, 0.1) is 17.1 Å². The molecule has 11 heteroatoms. The largest absolute Gasteiger partial charge is 0.388 e. The first-order valence-corrected chi connectivity index (χ1v) is 9.33. The molecule has 0 saturated heterocycles. The van der Waals surface area contributed by atoms with Crippen LogP contribution in [-0.2, 0) is 6.54 Å². The van der Waals surface area contributed by atoms with Crippen molar-refractivity contribution < 1.29 is 19.4 Å². The number of halogens is 1. The molecule has 158 valence electrons. The number of hydrogen-bond acceptors (Lipinski definition) is 8. The van der Waals surface area contributed by atoms with Crippen LogP contribution in [0.5, 0.6) is 0 Å². The molecule has 31 heavy (non-hydrogen) atoms. The number of carbonyl (C=O) groups excluding carboxylic acids is 1. The van der Waals surface area contributed by atoms with E-state index in [4.69, 9.17) is 0 Å². The lowest BCUT2D eigenvalue weighted by molar-refractivity contribution is 0.0552. The summed E-state index contributed by atoms with van der Waals surface area (Å²) in [5.74, 6) is -0.758. The zero-order valence-electron chi connectivity index (χ0n) is 16.3. The molecule has 1 aliphatic rings. The highest BCUT2D eigenvalue weighted by Gasteiger charge is 2.30. The molecule has 1 aliphatic carbocycles. The number of nitrogens with one attached hydrogen (secondary N) is 2. The molecule has 3 atom stereocenters. The maximum Gasteiger partial charge on any atom is 0.275 e. The van der Waals surface area contributed by atoms with Gasteiger partial charge in [0.2, 0.25) is 0 Å². The number of amides is 1. The Kier molecular flexibility index (Phi) is 5.33. The highest BCUT2D eigenvalue weighted by Crippen LogP contribution is 2.26. The quantitative estimate of drug-likeness (QED) is 0.438. The molecule has 10 nitrogen and oxygen atoms in total. The van der Waals surface area contributed by atoms with Crippen molar-refractivity contribution in [2.75, 3.05) is 12.4 Å². The molecule has 1 aromatic carbocycles. The maximum atomic E-state index is 13.6. The van der Waals surface area contributed by atoms with Gasteiger partial charge in [-0.25, -0.2) is 14.4 Å². The monoisotopic (exact) mass is 423 g/mol. The summed E-state index contributed by atoms with van der Waals surface area (Å²) in [6.07, 6.45) is 2.25. The second-order valence-electron chi connectivity index (χ2n) is 7.13. The van der Waals surface area contributed by atoms with Gasteiger partial charge in [-0.2, -0.15) is 10.4 Å². The first kappa shape index (κ1) is 20.4. The third-order valence-electron chi connectivity index (χ3n) is 5.04. The molecule has 4 rings (SSSR count). The fourth-order valence-electron chi connectivity index (χ4n) is 3.40. The Morgan fingerprint density at radius 2 is 2.16 bits per heavy atom. The van der Waals surface area contributed by atoms with Crippen LogP contribution in [0.3, 0.4) is 0 Å². The van der Waals surface area contributed by atoms with E-state index in [1.807, 2.05) is 6.07 Å². The highest BCUT2D eigenvalue weighted by atomic mass is 19.1.